The molecule has 30 heteroatoms. The van der Waals surface area contributed by atoms with Crippen LogP contribution in [0, 0.1) is 31.6 Å². The molecule has 754 valence electrons. The third-order valence-corrected chi connectivity index (χ3v) is 27.2. The second kappa shape index (κ2) is 46.4. The molecule has 8 aromatic carbocycles. The normalized spacial score (nSPS) is 15.0. The van der Waals surface area contributed by atoms with E-state index in [9.17, 15) is 9.59 Å². The fourth-order valence-corrected chi connectivity index (χ4v) is 19.2. The molecule has 2 atom stereocenters. The summed E-state index contributed by atoms with van der Waals surface area (Å²) >= 11 is 12.3. The Morgan fingerprint density at radius 3 is 1.15 bits per heavy atom. The maximum absolute atomic E-state index is 12.9. The van der Waals surface area contributed by atoms with Crippen molar-refractivity contribution in [2.45, 2.75) is 132 Å². The molecular formula is C119H121Cl2N25O3. The second-order valence-corrected chi connectivity index (χ2v) is 40.2. The number of carbonyl (C=O) groups excluding carboxylic acids is 2. The quantitative estimate of drug-likeness (QED) is 0.0367. The Morgan fingerprint density at radius 1 is 0.356 bits per heavy atom. The van der Waals surface area contributed by atoms with Crippen molar-refractivity contribution in [2.24, 2.45) is 17.8 Å². The number of aromatic nitrogens is 17. The van der Waals surface area contributed by atoms with Crippen molar-refractivity contribution in [1.29, 1.82) is 0 Å². The summed E-state index contributed by atoms with van der Waals surface area (Å²) in [5, 5.41) is 44.0. The first-order valence-electron chi connectivity index (χ1n) is 50.9. The lowest BCUT2D eigenvalue weighted by Gasteiger charge is -2.35. The van der Waals surface area contributed by atoms with Crippen molar-refractivity contribution in [3.63, 3.8) is 0 Å². The first-order chi connectivity index (χ1) is 72.4. The number of nitrogens with zero attached hydrogens (tertiary/aromatic N) is 19. The molecule has 2 saturated heterocycles. The van der Waals surface area contributed by atoms with Gasteiger partial charge in [-0.3, -0.25) is 9.59 Å². The van der Waals surface area contributed by atoms with E-state index in [1.165, 1.54) is 41.6 Å². The highest BCUT2D eigenvalue weighted by molar-refractivity contribution is 6.31. The van der Waals surface area contributed by atoms with Crippen LogP contribution < -0.4 is 36.8 Å². The summed E-state index contributed by atoms with van der Waals surface area (Å²) in [6, 6.07) is 104. The Morgan fingerprint density at radius 2 is 0.738 bits per heavy atom. The number of pyridine rings is 7. The van der Waals surface area contributed by atoms with Gasteiger partial charge < -0.3 is 46.4 Å². The van der Waals surface area contributed by atoms with Crippen LogP contribution in [0.4, 0.5) is 64.1 Å². The zero-order valence-electron chi connectivity index (χ0n) is 85.4. The van der Waals surface area contributed by atoms with Gasteiger partial charge in [0.05, 0.1) is 41.7 Å². The van der Waals surface area contributed by atoms with Gasteiger partial charge in [0, 0.05) is 116 Å². The average Bonchev–Trinajstić information content (AvgIpc) is 1.67. The Kier molecular flexibility index (Phi) is 31.5. The Hall–Kier alpha value is -16.6. The molecule has 2 aliphatic heterocycles. The van der Waals surface area contributed by atoms with Crippen LogP contribution in [0.25, 0.3) is 84.5 Å². The van der Waals surface area contributed by atoms with Crippen LogP contribution in [0.15, 0.2) is 322 Å². The Balaban J connectivity index is 0.000000117. The summed E-state index contributed by atoms with van der Waals surface area (Å²) in [5.74, 6) is 7.51. The monoisotopic (exact) mass is 2020 g/mol. The maximum atomic E-state index is 12.9. The molecule has 0 bridgehead atoms. The first-order valence-corrected chi connectivity index (χ1v) is 51.7. The summed E-state index contributed by atoms with van der Waals surface area (Å²) in [7, 11) is 0. The predicted molar refractivity (Wildman–Crippen MR) is 599 cm³/mol. The van der Waals surface area contributed by atoms with Crippen molar-refractivity contribution in [3.05, 3.63) is 371 Å². The van der Waals surface area contributed by atoms with Crippen molar-refractivity contribution < 1.29 is 14.3 Å². The van der Waals surface area contributed by atoms with Crippen LogP contribution in [0.2, 0.25) is 10.0 Å². The number of benzene rings is 8. The number of hydrogen-bond acceptors (Lipinski definition) is 21. The molecule has 28 nitrogen and oxygen atoms in total. The molecule has 1 saturated carbocycles. The lowest BCUT2D eigenvalue weighted by atomic mass is 9.87. The lowest BCUT2D eigenvalue weighted by Crippen LogP contribution is -2.42. The van der Waals surface area contributed by atoms with Gasteiger partial charge in [-0.2, -0.15) is 24.9 Å². The second-order valence-electron chi connectivity index (χ2n) is 39.3. The highest BCUT2D eigenvalue weighted by atomic mass is 35.5. The van der Waals surface area contributed by atoms with E-state index in [4.69, 9.17) is 33.0 Å². The molecule has 3 fully saturated rings. The molecule has 20 aromatic rings. The zero-order valence-corrected chi connectivity index (χ0v) is 86.9. The van der Waals surface area contributed by atoms with Crippen molar-refractivity contribution in [2.75, 3.05) is 70.9 Å². The minimum Gasteiger partial charge on any atom is -0.378 e. The molecular weight excluding hydrogens is 1900 g/mol. The first kappa shape index (κ1) is 101. The van der Waals surface area contributed by atoms with Gasteiger partial charge >= 0.3 is 0 Å². The fourth-order valence-electron chi connectivity index (χ4n) is 18.8. The molecule has 12 aromatic heterocycles. The van der Waals surface area contributed by atoms with Gasteiger partial charge in [-0.1, -0.05) is 207 Å². The third-order valence-electron chi connectivity index (χ3n) is 26.7. The number of fused-ring (bicyclic) bond motifs is 5. The number of aryl methyl sites for hydroxylation is 2. The number of amides is 2. The SMILES string of the molecule is CC(C)c1ccc(-c2cccc3nc(Nc4ccc(N5CCOCC5)cc4)nn23)cc1.CC1CC(C)CN(C(=O)c2ccc(Nc3nc4cccc(-c5cccc(Cl)c5)n4n3)cc2)C1.CC1CCC(NC(=O)c2ccc(Nc3nc4cccc(-c5cccc(Cl)c5)n4n3)cc2)CC1.Cc1cccc(Nc2nc3cccc(-c4cccc(C(C)C)c4)n3n2)n1.Cc1ccnc(Nc2nc3cccc(-c4cccc(C(C)C)c4)n3n2)c1. The molecule has 23 rings (SSSR count). The van der Waals surface area contributed by atoms with Gasteiger partial charge in [0.1, 0.15) is 11.6 Å². The lowest BCUT2D eigenvalue weighted by molar-refractivity contribution is 0.0623. The molecule has 2 unspecified atom stereocenters. The van der Waals surface area contributed by atoms with E-state index in [1.807, 2.05) is 232 Å². The van der Waals surface area contributed by atoms with Gasteiger partial charge in [0.15, 0.2) is 28.2 Å². The fraction of sp³-hybridized carbons (Fsp3) is 0.244. The molecule has 14 heterocycles. The minimum absolute atomic E-state index is 0.0156. The van der Waals surface area contributed by atoms with Crippen LogP contribution >= 0.6 is 23.2 Å². The molecule has 0 radical (unpaired) electrons. The summed E-state index contributed by atoms with van der Waals surface area (Å²) in [6.07, 6.45) is 7.43. The van der Waals surface area contributed by atoms with Crippen LogP contribution in [-0.4, -0.2) is 145 Å². The van der Waals surface area contributed by atoms with Crippen molar-refractivity contribution >= 4 is 127 Å². The maximum Gasteiger partial charge on any atom is 0.253 e. The predicted octanol–water partition coefficient (Wildman–Crippen LogP) is 27.0. The summed E-state index contributed by atoms with van der Waals surface area (Å²) in [4.78, 5) is 61.6. The summed E-state index contributed by atoms with van der Waals surface area (Å²) in [6.45, 7) is 29.0. The van der Waals surface area contributed by atoms with E-state index in [-0.39, 0.29) is 17.9 Å². The van der Waals surface area contributed by atoms with Crippen LogP contribution in [0.3, 0.4) is 0 Å². The number of morpholine rings is 1. The minimum atomic E-state index is -0.0156. The molecule has 6 N–H and O–H groups in total. The smallest absolute Gasteiger partial charge is 0.253 e. The van der Waals surface area contributed by atoms with Crippen molar-refractivity contribution in [3.8, 4) is 56.3 Å². The van der Waals surface area contributed by atoms with Gasteiger partial charge in [-0.25, -0.2) is 32.5 Å². The number of piperidine rings is 1. The number of likely N-dealkylation sites (tertiary alicyclic amines) is 1. The zero-order chi connectivity index (χ0) is 103. The van der Waals surface area contributed by atoms with Crippen LogP contribution in [0.1, 0.15) is 161 Å². The van der Waals surface area contributed by atoms with E-state index in [0.717, 1.165) is 183 Å². The number of nitrogens with one attached hydrogen (secondary N) is 6. The van der Waals surface area contributed by atoms with Gasteiger partial charge in [-0.15, -0.1) is 25.5 Å². The Labute approximate surface area is 876 Å². The topological polar surface area (TPSA) is 299 Å². The van der Waals surface area contributed by atoms with Crippen LogP contribution in [-0.2, 0) is 4.74 Å². The van der Waals surface area contributed by atoms with E-state index >= 15 is 0 Å². The van der Waals surface area contributed by atoms with E-state index < -0.39 is 0 Å². The van der Waals surface area contributed by atoms with Gasteiger partial charge in [-0.05, 0) is 298 Å². The third kappa shape index (κ3) is 25.2. The summed E-state index contributed by atoms with van der Waals surface area (Å²) < 4.78 is 14.7. The van der Waals surface area contributed by atoms with Crippen molar-refractivity contribution in [1.82, 2.24) is 93.2 Å². The van der Waals surface area contributed by atoms with Crippen LogP contribution in [0.5, 0.6) is 0 Å². The number of hydrogen-bond donors (Lipinski definition) is 6. The number of rotatable bonds is 22. The molecule has 2 amide bonds. The number of carbonyl (C=O) groups is 2. The largest absolute Gasteiger partial charge is 0.378 e. The van der Waals surface area contributed by atoms with Gasteiger partial charge in [0.25, 0.3) is 11.8 Å². The Bertz CT molecular complexity index is 7860. The van der Waals surface area contributed by atoms with E-state index in [1.54, 1.807) is 15.2 Å². The highest BCUT2D eigenvalue weighted by Gasteiger charge is 2.28. The highest BCUT2D eigenvalue weighted by Crippen LogP contribution is 2.35. The number of ether oxygens (including phenoxy) is 1. The molecule has 3 aliphatic rings. The van der Waals surface area contributed by atoms with E-state index in [2.05, 4.69) is 270 Å². The van der Waals surface area contributed by atoms with E-state index in [0.29, 0.717) is 80.5 Å². The van der Waals surface area contributed by atoms with Gasteiger partial charge in [0.2, 0.25) is 29.7 Å². The molecule has 1 aliphatic carbocycles. The number of anilines is 11. The molecule has 149 heavy (non-hydrogen) atoms. The average molecular weight is 2020 g/mol. The number of halogens is 2. The standard InChI is InChI=1S/2C26H26ClN5O.C25H27N5O.2C21H21N5/c1-17-13-18(2)16-31(15-17)25(33)19-9-11-22(12-10-19)28-26-29-24-8-4-7-23(32(24)30-26)20-5-3-6-21(27)14-20;1-17-8-12-21(13-9-17)28-25(33)18-10-14-22(15-11-18)29-26-30-24-7-3-6-23(32(24)31-26)19-4-2-5-20(27)16-19;1-18(2)19-6-8-20(9-7-19)23-4-3-5-24-27-25(28-30(23)24)26-21-10-12-22(13-11-21)29-14-16-31-17-15-29;1-14(2)16-8-5-9-17(13-16)18-10-6-12-20-24-21(25-26(18)20)23-19-11-4-7-15(3)22-19;1-14(2)16-6-4-7-17(13-16)18-8-5-9-20-24-21(25-26(18)20)23-19-12-15(3)10-11-22-19/h3-12,14,17-18H,13,15-16H2,1-2H3,(H,28,30);2-7,10-11,14-17,21H,8-9,12-13H2,1H3,(H,28,33)(H,29,31);3-13,18H,14-17H2,1-2H3,(H,26,28);2*4-14H,1-3H3,(H,22,23,25). The molecule has 0 spiro atoms. The summed E-state index contributed by atoms with van der Waals surface area (Å²) in [5.41, 5.74) is 25.3.